The Kier molecular flexibility index (Phi) is 5.66. The molecule has 1 saturated heterocycles. The third-order valence-corrected chi connectivity index (χ3v) is 4.78. The summed E-state index contributed by atoms with van der Waals surface area (Å²) in [6, 6.07) is 0. The molecule has 9 heteroatoms. The van der Waals surface area contributed by atoms with Crippen molar-refractivity contribution in [2.45, 2.75) is 24.8 Å². The molecule has 0 saturated carbocycles. The zero-order chi connectivity index (χ0) is 16.9. The van der Waals surface area contributed by atoms with Gasteiger partial charge in [-0.3, -0.25) is 9.78 Å². The highest BCUT2D eigenvalue weighted by molar-refractivity contribution is 7.88. The molecular formula is C14H22N4O4S. The van der Waals surface area contributed by atoms with Crippen molar-refractivity contribution in [3.8, 4) is 0 Å². The van der Waals surface area contributed by atoms with Crippen molar-refractivity contribution in [2.24, 2.45) is 0 Å². The van der Waals surface area contributed by atoms with E-state index >= 15 is 0 Å². The van der Waals surface area contributed by atoms with Crippen LogP contribution in [0.15, 0.2) is 18.6 Å². The van der Waals surface area contributed by atoms with Gasteiger partial charge in [0.15, 0.2) is 0 Å². The molecule has 0 bridgehead atoms. The van der Waals surface area contributed by atoms with Gasteiger partial charge in [-0.2, -0.15) is 0 Å². The Balaban J connectivity index is 2.05. The van der Waals surface area contributed by atoms with Crippen molar-refractivity contribution in [1.29, 1.82) is 0 Å². The number of ether oxygens (including phenoxy) is 1. The number of likely N-dealkylation sites (tertiary alicyclic amines) is 1. The Morgan fingerprint density at radius 3 is 2.61 bits per heavy atom. The van der Waals surface area contributed by atoms with E-state index in [-0.39, 0.29) is 5.91 Å². The summed E-state index contributed by atoms with van der Waals surface area (Å²) in [5.41, 5.74) is -0.268. The molecule has 23 heavy (non-hydrogen) atoms. The Labute approximate surface area is 136 Å². The highest BCUT2D eigenvalue weighted by Crippen LogP contribution is 2.27. The first-order valence-electron chi connectivity index (χ1n) is 7.38. The number of hydrogen-bond acceptors (Lipinski definition) is 6. The van der Waals surface area contributed by atoms with Crippen molar-refractivity contribution in [3.63, 3.8) is 0 Å². The van der Waals surface area contributed by atoms with E-state index in [1.54, 1.807) is 12.0 Å². The maximum Gasteiger partial charge on any atom is 0.274 e. The van der Waals surface area contributed by atoms with Gasteiger partial charge in [-0.15, -0.1) is 0 Å². The molecule has 1 N–H and O–H groups in total. The number of nitrogens with one attached hydrogen (secondary N) is 1. The quantitative estimate of drug-likeness (QED) is 0.783. The fourth-order valence-electron chi connectivity index (χ4n) is 2.80. The van der Waals surface area contributed by atoms with Crippen LogP contribution >= 0.6 is 0 Å². The van der Waals surface area contributed by atoms with Crippen LogP contribution < -0.4 is 4.72 Å². The van der Waals surface area contributed by atoms with Gasteiger partial charge < -0.3 is 9.64 Å². The van der Waals surface area contributed by atoms with Crippen LogP contribution in [0.3, 0.4) is 0 Å². The van der Waals surface area contributed by atoms with Gasteiger partial charge in [-0.25, -0.2) is 18.1 Å². The lowest BCUT2D eigenvalue weighted by atomic mass is 9.85. The lowest BCUT2D eigenvalue weighted by molar-refractivity contribution is 0.0615. The van der Waals surface area contributed by atoms with Gasteiger partial charge in [0, 0.05) is 44.7 Å². The van der Waals surface area contributed by atoms with Gasteiger partial charge >= 0.3 is 0 Å². The van der Waals surface area contributed by atoms with Gasteiger partial charge in [-0.1, -0.05) is 0 Å². The molecule has 0 atom stereocenters. The van der Waals surface area contributed by atoms with E-state index in [1.165, 1.54) is 18.6 Å². The van der Waals surface area contributed by atoms with Crippen LogP contribution in [0.2, 0.25) is 0 Å². The summed E-state index contributed by atoms with van der Waals surface area (Å²) >= 11 is 0. The number of methoxy groups -OCH3 is 1. The number of amides is 1. The van der Waals surface area contributed by atoms with Gasteiger partial charge in [0.1, 0.15) is 5.69 Å². The Hall–Kier alpha value is -1.58. The summed E-state index contributed by atoms with van der Waals surface area (Å²) in [4.78, 5) is 22.0. The lowest BCUT2D eigenvalue weighted by Crippen LogP contribution is -2.56. The number of rotatable bonds is 6. The van der Waals surface area contributed by atoms with Crippen molar-refractivity contribution in [2.75, 3.05) is 33.1 Å². The second-order valence-electron chi connectivity index (χ2n) is 5.78. The minimum atomic E-state index is -3.33. The Bertz CT molecular complexity index is 627. The number of piperidine rings is 1. The molecule has 0 aromatic carbocycles. The summed E-state index contributed by atoms with van der Waals surface area (Å²) in [6.45, 7) is 1.38. The lowest BCUT2D eigenvalue weighted by Gasteiger charge is -2.41. The molecule has 128 valence electrons. The number of carbonyl (C=O) groups excluding carboxylic acids is 1. The van der Waals surface area contributed by atoms with Crippen LogP contribution in [-0.4, -0.2) is 67.8 Å². The molecule has 0 radical (unpaired) electrons. The number of aromatic nitrogens is 2. The summed E-state index contributed by atoms with van der Waals surface area (Å²) in [7, 11) is -1.75. The molecule has 1 aromatic heterocycles. The third-order valence-electron chi connectivity index (χ3n) is 3.98. The first-order valence-corrected chi connectivity index (χ1v) is 9.28. The van der Waals surface area contributed by atoms with Gasteiger partial charge in [0.05, 0.1) is 12.5 Å². The predicted octanol–water partition coefficient (Wildman–Crippen LogP) is 0.0371. The fraction of sp³-hybridized carbons (Fsp3) is 0.643. The Morgan fingerprint density at radius 2 is 2.09 bits per heavy atom. The van der Waals surface area contributed by atoms with Crippen molar-refractivity contribution in [1.82, 2.24) is 19.6 Å². The number of sulfonamides is 1. The smallest absolute Gasteiger partial charge is 0.274 e. The second-order valence-corrected chi connectivity index (χ2v) is 7.53. The van der Waals surface area contributed by atoms with Crippen molar-refractivity contribution in [3.05, 3.63) is 24.3 Å². The molecule has 0 unspecified atom stereocenters. The number of nitrogens with zero attached hydrogens (tertiary/aromatic N) is 3. The SMILES string of the molecule is COCCC1(NS(C)(=O)=O)CCN(C(=O)c2cnccn2)CC1. The fourth-order valence-corrected chi connectivity index (χ4v) is 3.90. The minimum Gasteiger partial charge on any atom is -0.385 e. The van der Waals surface area contributed by atoms with E-state index in [2.05, 4.69) is 14.7 Å². The first kappa shape index (κ1) is 17.8. The standard InChI is InChI=1S/C14H22N4O4S/c1-22-10-5-14(17-23(2,20)21)3-8-18(9-4-14)13(19)12-11-15-6-7-16-12/h6-7,11,17H,3-5,8-10H2,1-2H3. The van der Waals surface area contributed by atoms with Gasteiger partial charge in [-0.05, 0) is 19.3 Å². The van der Waals surface area contributed by atoms with Crippen LogP contribution in [0.5, 0.6) is 0 Å². The van der Waals surface area contributed by atoms with E-state index in [0.717, 1.165) is 6.26 Å². The number of carbonyl (C=O) groups is 1. The van der Waals surface area contributed by atoms with Crippen LogP contribution in [0.25, 0.3) is 0 Å². The zero-order valence-electron chi connectivity index (χ0n) is 13.4. The van der Waals surface area contributed by atoms with Crippen LogP contribution in [0.1, 0.15) is 29.8 Å². The second kappa shape index (κ2) is 7.33. The predicted molar refractivity (Wildman–Crippen MR) is 84.4 cm³/mol. The van der Waals surface area contributed by atoms with E-state index in [1.807, 2.05) is 0 Å². The van der Waals surface area contributed by atoms with Crippen LogP contribution in [0.4, 0.5) is 0 Å². The van der Waals surface area contributed by atoms with Crippen molar-refractivity contribution < 1.29 is 17.9 Å². The number of hydrogen-bond donors (Lipinski definition) is 1. The molecule has 2 heterocycles. The average Bonchev–Trinajstić information content (AvgIpc) is 2.52. The van der Waals surface area contributed by atoms with E-state index in [4.69, 9.17) is 4.74 Å². The van der Waals surface area contributed by atoms with Crippen LogP contribution in [-0.2, 0) is 14.8 Å². The van der Waals surface area contributed by atoms with Crippen molar-refractivity contribution >= 4 is 15.9 Å². The molecular weight excluding hydrogens is 320 g/mol. The summed E-state index contributed by atoms with van der Waals surface area (Å²) in [5.74, 6) is -0.183. The molecule has 1 aromatic rings. The topological polar surface area (TPSA) is 101 Å². The maximum absolute atomic E-state index is 12.4. The van der Waals surface area contributed by atoms with E-state index < -0.39 is 15.6 Å². The largest absolute Gasteiger partial charge is 0.385 e. The average molecular weight is 342 g/mol. The zero-order valence-corrected chi connectivity index (χ0v) is 14.2. The molecule has 1 aliphatic rings. The molecule has 1 aliphatic heterocycles. The van der Waals surface area contributed by atoms with Gasteiger partial charge in [0.2, 0.25) is 10.0 Å². The Morgan fingerprint density at radius 1 is 1.39 bits per heavy atom. The monoisotopic (exact) mass is 342 g/mol. The third kappa shape index (κ3) is 4.95. The first-order chi connectivity index (χ1) is 10.9. The summed E-state index contributed by atoms with van der Waals surface area (Å²) in [6.07, 6.45) is 7.22. The van der Waals surface area contributed by atoms with E-state index in [0.29, 0.717) is 44.7 Å². The normalized spacial score (nSPS) is 17.9. The van der Waals surface area contributed by atoms with Crippen LogP contribution in [0, 0.1) is 0 Å². The highest BCUT2D eigenvalue weighted by atomic mass is 32.2. The van der Waals surface area contributed by atoms with Gasteiger partial charge in [0.25, 0.3) is 5.91 Å². The molecule has 0 spiro atoms. The van der Waals surface area contributed by atoms with E-state index in [9.17, 15) is 13.2 Å². The summed E-state index contributed by atoms with van der Waals surface area (Å²) < 4.78 is 31.1. The molecule has 1 fully saturated rings. The molecule has 2 rings (SSSR count). The highest BCUT2D eigenvalue weighted by Gasteiger charge is 2.38. The maximum atomic E-state index is 12.4. The summed E-state index contributed by atoms with van der Waals surface area (Å²) in [5, 5.41) is 0. The minimum absolute atomic E-state index is 0.183. The molecule has 8 nitrogen and oxygen atoms in total. The molecule has 0 aliphatic carbocycles. The molecule has 1 amide bonds.